The number of carbonyl (C=O) groups is 1. The SMILES string of the molecule is COCC(CCO)NC(=O)c1ccc(F)cc1N. The summed E-state index contributed by atoms with van der Waals surface area (Å²) in [5, 5.41) is 11.5. The molecule has 0 aliphatic carbocycles. The highest BCUT2D eigenvalue weighted by Crippen LogP contribution is 2.13. The predicted molar refractivity (Wildman–Crippen MR) is 65.6 cm³/mol. The second-order valence-electron chi connectivity index (χ2n) is 3.87. The van der Waals surface area contributed by atoms with E-state index in [1.165, 1.54) is 19.2 Å². The van der Waals surface area contributed by atoms with Crippen LogP contribution in [0.1, 0.15) is 16.8 Å². The Morgan fingerprint density at radius 2 is 2.33 bits per heavy atom. The van der Waals surface area contributed by atoms with Gasteiger partial charge in [-0.25, -0.2) is 4.39 Å². The smallest absolute Gasteiger partial charge is 0.253 e. The molecule has 0 saturated carbocycles. The van der Waals surface area contributed by atoms with Gasteiger partial charge in [-0.15, -0.1) is 0 Å². The zero-order valence-electron chi connectivity index (χ0n) is 10.1. The lowest BCUT2D eigenvalue weighted by Crippen LogP contribution is -2.39. The lowest BCUT2D eigenvalue weighted by molar-refractivity contribution is 0.0879. The molecule has 1 aromatic carbocycles. The molecular weight excluding hydrogens is 239 g/mol. The third kappa shape index (κ3) is 3.97. The van der Waals surface area contributed by atoms with Gasteiger partial charge in [0.1, 0.15) is 5.82 Å². The van der Waals surface area contributed by atoms with Crippen LogP contribution in [0.15, 0.2) is 18.2 Å². The molecule has 0 heterocycles. The monoisotopic (exact) mass is 256 g/mol. The summed E-state index contributed by atoms with van der Waals surface area (Å²) >= 11 is 0. The highest BCUT2D eigenvalue weighted by molar-refractivity contribution is 5.99. The molecule has 1 unspecified atom stereocenters. The Kier molecular flexibility index (Phi) is 5.54. The molecule has 0 saturated heterocycles. The van der Waals surface area contributed by atoms with Crippen molar-refractivity contribution in [2.24, 2.45) is 0 Å². The first-order valence-electron chi connectivity index (χ1n) is 5.54. The van der Waals surface area contributed by atoms with Crippen molar-refractivity contribution in [3.8, 4) is 0 Å². The van der Waals surface area contributed by atoms with Gasteiger partial charge in [-0.2, -0.15) is 0 Å². The van der Waals surface area contributed by atoms with Crippen LogP contribution >= 0.6 is 0 Å². The summed E-state index contributed by atoms with van der Waals surface area (Å²) in [4.78, 5) is 11.9. The lowest BCUT2D eigenvalue weighted by Gasteiger charge is -2.17. The molecule has 1 atom stereocenters. The minimum Gasteiger partial charge on any atom is -0.398 e. The number of aliphatic hydroxyl groups is 1. The molecule has 0 aromatic heterocycles. The van der Waals surface area contributed by atoms with Gasteiger partial charge in [-0.3, -0.25) is 4.79 Å². The van der Waals surface area contributed by atoms with Crippen molar-refractivity contribution < 1.29 is 19.0 Å². The minimum atomic E-state index is -0.493. The molecule has 0 bridgehead atoms. The summed E-state index contributed by atoms with van der Waals surface area (Å²) in [6.07, 6.45) is 0.376. The van der Waals surface area contributed by atoms with E-state index in [1.54, 1.807) is 0 Å². The molecule has 0 fully saturated rings. The molecule has 0 aliphatic rings. The van der Waals surface area contributed by atoms with E-state index in [4.69, 9.17) is 15.6 Å². The van der Waals surface area contributed by atoms with E-state index < -0.39 is 11.7 Å². The number of halogens is 1. The molecule has 1 rings (SSSR count). The number of ether oxygens (including phenoxy) is 1. The Morgan fingerprint density at radius 3 is 2.89 bits per heavy atom. The maximum Gasteiger partial charge on any atom is 0.253 e. The molecule has 6 heteroatoms. The fraction of sp³-hybridized carbons (Fsp3) is 0.417. The van der Waals surface area contributed by atoms with E-state index in [0.29, 0.717) is 6.42 Å². The number of rotatable bonds is 6. The van der Waals surface area contributed by atoms with Gasteiger partial charge in [0.2, 0.25) is 0 Å². The Hall–Kier alpha value is -1.66. The zero-order valence-corrected chi connectivity index (χ0v) is 10.1. The average Bonchev–Trinajstić information content (AvgIpc) is 2.29. The van der Waals surface area contributed by atoms with E-state index in [2.05, 4.69) is 5.32 Å². The Bertz CT molecular complexity index is 406. The van der Waals surface area contributed by atoms with Gasteiger partial charge in [-0.05, 0) is 24.6 Å². The number of anilines is 1. The standard InChI is InChI=1S/C12H17FN2O3/c1-18-7-9(4-5-16)15-12(17)10-3-2-8(13)6-11(10)14/h2-3,6,9,16H,4-5,7,14H2,1H3,(H,15,17). The molecule has 1 aromatic rings. The van der Waals surface area contributed by atoms with Gasteiger partial charge >= 0.3 is 0 Å². The fourth-order valence-corrected chi connectivity index (χ4v) is 1.56. The van der Waals surface area contributed by atoms with Gasteiger partial charge < -0.3 is 20.9 Å². The molecule has 4 N–H and O–H groups in total. The molecule has 5 nitrogen and oxygen atoms in total. The third-order valence-corrected chi connectivity index (χ3v) is 2.44. The Labute approximate surface area is 105 Å². The topological polar surface area (TPSA) is 84.6 Å². The van der Waals surface area contributed by atoms with E-state index in [-0.39, 0.29) is 30.5 Å². The Balaban J connectivity index is 2.73. The van der Waals surface area contributed by atoms with Crippen LogP contribution in [0.5, 0.6) is 0 Å². The number of nitrogens with two attached hydrogens (primary N) is 1. The highest BCUT2D eigenvalue weighted by atomic mass is 19.1. The van der Waals surface area contributed by atoms with Gasteiger partial charge in [-0.1, -0.05) is 0 Å². The number of methoxy groups -OCH3 is 1. The molecule has 0 spiro atoms. The first-order valence-corrected chi connectivity index (χ1v) is 5.54. The first-order chi connectivity index (χ1) is 8.58. The van der Waals surface area contributed by atoms with Gasteiger partial charge in [0.15, 0.2) is 0 Å². The summed E-state index contributed by atoms with van der Waals surface area (Å²) in [6, 6.07) is 3.27. The van der Waals surface area contributed by atoms with Crippen LogP contribution in [0.3, 0.4) is 0 Å². The van der Waals surface area contributed by atoms with Crippen LogP contribution in [0, 0.1) is 5.82 Å². The first kappa shape index (κ1) is 14.4. The molecule has 1 amide bonds. The summed E-state index contributed by atoms with van der Waals surface area (Å²) in [5.41, 5.74) is 5.85. The fourth-order valence-electron chi connectivity index (χ4n) is 1.56. The van der Waals surface area contributed by atoms with E-state index >= 15 is 0 Å². The number of nitrogens with one attached hydrogen (secondary N) is 1. The van der Waals surface area contributed by atoms with Crippen molar-refractivity contribution in [3.05, 3.63) is 29.6 Å². The second-order valence-corrected chi connectivity index (χ2v) is 3.87. The molecule has 0 radical (unpaired) electrons. The highest BCUT2D eigenvalue weighted by Gasteiger charge is 2.15. The molecule has 0 aliphatic heterocycles. The van der Waals surface area contributed by atoms with Crippen LogP contribution in [0.4, 0.5) is 10.1 Å². The zero-order chi connectivity index (χ0) is 13.5. The Morgan fingerprint density at radius 1 is 1.61 bits per heavy atom. The van der Waals surface area contributed by atoms with E-state index in [1.807, 2.05) is 0 Å². The van der Waals surface area contributed by atoms with E-state index in [0.717, 1.165) is 6.07 Å². The van der Waals surface area contributed by atoms with Crippen molar-refractivity contribution in [3.63, 3.8) is 0 Å². The van der Waals surface area contributed by atoms with Gasteiger partial charge in [0, 0.05) is 19.4 Å². The summed E-state index contributed by atoms with van der Waals surface area (Å²) in [6.45, 7) is 0.223. The number of hydrogen-bond donors (Lipinski definition) is 3. The number of benzene rings is 1. The maximum absolute atomic E-state index is 12.9. The normalized spacial score (nSPS) is 12.2. The van der Waals surface area contributed by atoms with Crippen molar-refractivity contribution >= 4 is 11.6 Å². The minimum absolute atomic E-state index is 0.0623. The van der Waals surface area contributed by atoms with Crippen LogP contribution in [0.25, 0.3) is 0 Å². The van der Waals surface area contributed by atoms with Gasteiger partial charge in [0.25, 0.3) is 5.91 Å². The summed E-state index contributed by atoms with van der Waals surface area (Å²) in [7, 11) is 1.50. The van der Waals surface area contributed by atoms with Crippen molar-refractivity contribution in [1.29, 1.82) is 0 Å². The number of amides is 1. The molecular formula is C12H17FN2O3. The van der Waals surface area contributed by atoms with Crippen molar-refractivity contribution in [2.45, 2.75) is 12.5 Å². The molecule has 18 heavy (non-hydrogen) atoms. The van der Waals surface area contributed by atoms with Crippen LogP contribution < -0.4 is 11.1 Å². The molecule has 100 valence electrons. The quantitative estimate of drug-likeness (QED) is 0.648. The number of aliphatic hydroxyl groups excluding tert-OH is 1. The summed E-state index contributed by atoms with van der Waals surface area (Å²) in [5.74, 6) is -0.907. The largest absolute Gasteiger partial charge is 0.398 e. The number of carbonyl (C=O) groups excluding carboxylic acids is 1. The van der Waals surface area contributed by atoms with Crippen molar-refractivity contribution in [1.82, 2.24) is 5.32 Å². The predicted octanol–water partition coefficient (Wildman–Crippen LogP) is 0.535. The average molecular weight is 256 g/mol. The third-order valence-electron chi connectivity index (χ3n) is 2.44. The summed E-state index contributed by atoms with van der Waals surface area (Å²) < 4.78 is 17.8. The number of nitrogen functional groups attached to an aromatic ring is 1. The lowest BCUT2D eigenvalue weighted by atomic mass is 10.1. The van der Waals surface area contributed by atoms with Crippen LogP contribution in [-0.4, -0.2) is 37.4 Å². The van der Waals surface area contributed by atoms with Gasteiger partial charge in [0.05, 0.1) is 18.2 Å². The second kappa shape index (κ2) is 6.93. The van der Waals surface area contributed by atoms with Crippen LogP contribution in [-0.2, 0) is 4.74 Å². The van der Waals surface area contributed by atoms with E-state index in [9.17, 15) is 9.18 Å². The maximum atomic E-state index is 12.9. The van der Waals surface area contributed by atoms with Crippen molar-refractivity contribution in [2.75, 3.05) is 26.1 Å². The van der Waals surface area contributed by atoms with Crippen LogP contribution in [0.2, 0.25) is 0 Å². The number of hydrogen-bond acceptors (Lipinski definition) is 4.